The van der Waals surface area contributed by atoms with E-state index >= 15 is 0 Å². The second-order valence-corrected chi connectivity index (χ2v) is 5.87. The lowest BCUT2D eigenvalue weighted by atomic mass is 10.0. The minimum absolute atomic E-state index is 0.135. The number of benzene rings is 2. The molecule has 0 saturated carbocycles. The largest absolute Gasteiger partial charge is 0.261 e. The second-order valence-electron chi connectivity index (χ2n) is 3.34. The Morgan fingerprint density at radius 1 is 1.06 bits per heavy atom. The summed E-state index contributed by atoms with van der Waals surface area (Å²) in [4.78, 5) is 0.135. The van der Waals surface area contributed by atoms with Gasteiger partial charge in [0.2, 0.25) is 0 Å². The van der Waals surface area contributed by atoms with E-state index in [9.17, 15) is 8.42 Å². The summed E-state index contributed by atoms with van der Waals surface area (Å²) in [7, 11) is 1.66. The first-order chi connectivity index (χ1) is 7.54. The molecule has 0 saturated heterocycles. The predicted molar refractivity (Wildman–Crippen MR) is 67.1 cm³/mol. The molecule has 0 aliphatic heterocycles. The minimum atomic E-state index is -3.72. The fourth-order valence-corrected chi connectivity index (χ4v) is 2.76. The molecule has 4 heteroatoms. The van der Waals surface area contributed by atoms with Crippen LogP contribution in [0.25, 0.3) is 16.8 Å². The quantitative estimate of drug-likeness (QED) is 0.768. The Hall–Kier alpha value is -1.32. The molecule has 2 rings (SSSR count). The van der Waals surface area contributed by atoms with Crippen molar-refractivity contribution in [1.82, 2.24) is 0 Å². The summed E-state index contributed by atoms with van der Waals surface area (Å²) >= 11 is 0. The average Bonchev–Trinajstić information content (AvgIpc) is 2.26. The Labute approximate surface area is 98.6 Å². The SMILES string of the molecule is C=Cc1ccc(S(=O)(=O)Cl)c2ccccc12. The van der Waals surface area contributed by atoms with Crippen molar-refractivity contribution >= 4 is 36.6 Å². The first-order valence-electron chi connectivity index (χ1n) is 4.63. The van der Waals surface area contributed by atoms with E-state index in [4.69, 9.17) is 10.7 Å². The highest BCUT2D eigenvalue weighted by Crippen LogP contribution is 2.28. The Morgan fingerprint density at radius 3 is 2.25 bits per heavy atom. The van der Waals surface area contributed by atoms with Crippen LogP contribution in [-0.2, 0) is 9.05 Å². The summed E-state index contributed by atoms with van der Waals surface area (Å²) in [5.74, 6) is 0. The lowest BCUT2D eigenvalue weighted by molar-refractivity contribution is 0.610. The zero-order valence-electron chi connectivity index (χ0n) is 8.35. The Morgan fingerprint density at radius 2 is 1.69 bits per heavy atom. The molecule has 16 heavy (non-hydrogen) atoms. The minimum Gasteiger partial charge on any atom is -0.207 e. The van der Waals surface area contributed by atoms with Crippen LogP contribution in [0.5, 0.6) is 0 Å². The van der Waals surface area contributed by atoms with Crippen molar-refractivity contribution in [2.24, 2.45) is 0 Å². The van der Waals surface area contributed by atoms with E-state index < -0.39 is 9.05 Å². The first-order valence-corrected chi connectivity index (χ1v) is 6.94. The Balaban J connectivity index is 2.96. The third-order valence-electron chi connectivity index (χ3n) is 2.40. The van der Waals surface area contributed by atoms with Crippen molar-refractivity contribution in [2.45, 2.75) is 4.90 Å². The van der Waals surface area contributed by atoms with Crippen LogP contribution in [0.1, 0.15) is 5.56 Å². The number of halogens is 1. The summed E-state index contributed by atoms with van der Waals surface area (Å²) in [5, 5.41) is 1.45. The number of hydrogen-bond acceptors (Lipinski definition) is 2. The van der Waals surface area contributed by atoms with Gasteiger partial charge in [0.05, 0.1) is 4.90 Å². The molecule has 0 unspecified atom stereocenters. The summed E-state index contributed by atoms with van der Waals surface area (Å²) in [5.41, 5.74) is 0.889. The van der Waals surface area contributed by atoms with E-state index in [1.165, 1.54) is 6.07 Å². The molecular weight excluding hydrogens is 244 g/mol. The fourth-order valence-electron chi connectivity index (χ4n) is 1.69. The summed E-state index contributed by atoms with van der Waals surface area (Å²) in [6, 6.07) is 10.4. The van der Waals surface area contributed by atoms with Crippen LogP contribution >= 0.6 is 10.7 Å². The molecule has 0 fully saturated rings. The predicted octanol–water partition coefficient (Wildman–Crippen LogP) is 3.41. The third-order valence-corrected chi connectivity index (χ3v) is 3.78. The maximum atomic E-state index is 11.4. The molecule has 0 radical (unpaired) electrons. The molecule has 0 aromatic heterocycles. The van der Waals surface area contributed by atoms with Gasteiger partial charge in [-0.25, -0.2) is 8.42 Å². The van der Waals surface area contributed by atoms with Crippen LogP contribution in [0.2, 0.25) is 0 Å². The highest BCUT2D eigenvalue weighted by molar-refractivity contribution is 8.14. The van der Waals surface area contributed by atoms with Crippen LogP contribution in [0.15, 0.2) is 47.9 Å². The standard InChI is InChI=1S/C12H9ClO2S/c1-2-9-7-8-12(16(13,14)15)11-6-4-3-5-10(9)11/h2-8H,1H2. The molecule has 0 bridgehead atoms. The summed E-state index contributed by atoms with van der Waals surface area (Å²) in [6.07, 6.45) is 1.69. The molecule has 2 aromatic carbocycles. The maximum absolute atomic E-state index is 11.4. The van der Waals surface area contributed by atoms with Crippen LogP contribution in [-0.4, -0.2) is 8.42 Å². The van der Waals surface area contributed by atoms with Crippen molar-refractivity contribution in [1.29, 1.82) is 0 Å². The molecule has 2 aromatic rings. The van der Waals surface area contributed by atoms with E-state index in [0.29, 0.717) is 5.39 Å². The van der Waals surface area contributed by atoms with Gasteiger partial charge in [0.1, 0.15) is 0 Å². The summed E-state index contributed by atoms with van der Waals surface area (Å²) < 4.78 is 22.8. The summed E-state index contributed by atoms with van der Waals surface area (Å²) in [6.45, 7) is 3.69. The first kappa shape index (κ1) is 11.2. The van der Waals surface area contributed by atoms with Gasteiger partial charge < -0.3 is 0 Å². The molecule has 2 nitrogen and oxygen atoms in total. The van der Waals surface area contributed by atoms with Gasteiger partial charge in [-0.15, -0.1) is 0 Å². The monoisotopic (exact) mass is 252 g/mol. The van der Waals surface area contributed by atoms with Crippen LogP contribution in [0.3, 0.4) is 0 Å². The highest BCUT2D eigenvalue weighted by atomic mass is 35.7. The lowest BCUT2D eigenvalue weighted by Gasteiger charge is -2.06. The van der Waals surface area contributed by atoms with Gasteiger partial charge >= 0.3 is 0 Å². The molecule has 0 aliphatic carbocycles. The third kappa shape index (κ3) is 1.84. The van der Waals surface area contributed by atoms with Gasteiger partial charge in [-0.2, -0.15) is 0 Å². The number of fused-ring (bicyclic) bond motifs is 1. The molecule has 0 spiro atoms. The van der Waals surface area contributed by atoms with Crippen molar-refractivity contribution in [3.8, 4) is 0 Å². The van der Waals surface area contributed by atoms with Crippen molar-refractivity contribution < 1.29 is 8.42 Å². The van der Waals surface area contributed by atoms with E-state index in [1.807, 2.05) is 12.1 Å². The van der Waals surface area contributed by atoms with Gasteiger partial charge in [0, 0.05) is 16.1 Å². The zero-order valence-corrected chi connectivity index (χ0v) is 9.92. The molecule has 0 N–H and O–H groups in total. The second kappa shape index (κ2) is 3.92. The van der Waals surface area contributed by atoms with E-state index in [-0.39, 0.29) is 4.90 Å². The molecule has 0 amide bonds. The fraction of sp³-hybridized carbons (Fsp3) is 0. The maximum Gasteiger partial charge on any atom is 0.261 e. The Kier molecular flexibility index (Phi) is 2.74. The van der Waals surface area contributed by atoms with E-state index in [2.05, 4.69) is 6.58 Å². The normalized spacial score (nSPS) is 11.6. The van der Waals surface area contributed by atoms with Crippen LogP contribution < -0.4 is 0 Å². The average molecular weight is 253 g/mol. The molecule has 0 heterocycles. The topological polar surface area (TPSA) is 34.1 Å². The van der Waals surface area contributed by atoms with Crippen molar-refractivity contribution in [3.05, 3.63) is 48.5 Å². The van der Waals surface area contributed by atoms with Gasteiger partial charge in [0.25, 0.3) is 9.05 Å². The van der Waals surface area contributed by atoms with Gasteiger partial charge in [-0.1, -0.05) is 43.0 Å². The number of hydrogen-bond donors (Lipinski definition) is 0. The number of rotatable bonds is 2. The molecule has 0 atom stereocenters. The van der Waals surface area contributed by atoms with Crippen molar-refractivity contribution in [3.63, 3.8) is 0 Å². The van der Waals surface area contributed by atoms with E-state index in [0.717, 1.165) is 10.9 Å². The smallest absolute Gasteiger partial charge is 0.207 e. The van der Waals surface area contributed by atoms with Crippen LogP contribution in [0.4, 0.5) is 0 Å². The zero-order chi connectivity index (χ0) is 11.8. The molecule has 82 valence electrons. The molecular formula is C12H9ClO2S. The van der Waals surface area contributed by atoms with Gasteiger partial charge in [-0.3, -0.25) is 0 Å². The van der Waals surface area contributed by atoms with E-state index in [1.54, 1.807) is 24.3 Å². The van der Waals surface area contributed by atoms with Gasteiger partial charge in [0.15, 0.2) is 0 Å². The molecule has 0 aliphatic rings. The van der Waals surface area contributed by atoms with Crippen LogP contribution in [0, 0.1) is 0 Å². The van der Waals surface area contributed by atoms with Crippen molar-refractivity contribution in [2.75, 3.05) is 0 Å². The van der Waals surface area contributed by atoms with Gasteiger partial charge in [-0.05, 0) is 17.0 Å². The highest BCUT2D eigenvalue weighted by Gasteiger charge is 2.14. The lowest BCUT2D eigenvalue weighted by Crippen LogP contribution is -1.93. The Bertz CT molecular complexity index is 660.